The Kier molecular flexibility index (Phi) is 6.70. The number of primary sulfonamides is 1. The van der Waals surface area contributed by atoms with E-state index in [0.29, 0.717) is 5.69 Å². The SMILES string of the molecule is C[C@@H](OC(=O)C[C@H](C)c1ccccc1)C(=O)Nc1ccc(S(N)(=O)=O)cc1. The smallest absolute Gasteiger partial charge is 0.307 e. The lowest BCUT2D eigenvalue weighted by atomic mass is 9.98. The minimum atomic E-state index is -3.80. The third-order valence-electron chi connectivity index (χ3n) is 3.97. The zero-order chi connectivity index (χ0) is 20.0. The summed E-state index contributed by atoms with van der Waals surface area (Å²) in [5.41, 5.74) is 1.38. The van der Waals surface area contributed by atoms with Crippen LogP contribution in [0.1, 0.15) is 31.7 Å². The lowest BCUT2D eigenvalue weighted by molar-refractivity contribution is -0.153. The third kappa shape index (κ3) is 6.19. The summed E-state index contributed by atoms with van der Waals surface area (Å²) in [5.74, 6) is -1.02. The number of ether oxygens (including phenoxy) is 1. The number of nitrogens with one attached hydrogen (secondary N) is 1. The summed E-state index contributed by atoms with van der Waals surface area (Å²) < 4.78 is 27.6. The van der Waals surface area contributed by atoms with Gasteiger partial charge in [-0.25, -0.2) is 13.6 Å². The zero-order valence-corrected chi connectivity index (χ0v) is 15.9. The number of esters is 1. The highest BCUT2D eigenvalue weighted by Crippen LogP contribution is 2.19. The lowest BCUT2D eigenvalue weighted by Gasteiger charge is -2.16. The minimum Gasteiger partial charge on any atom is -0.453 e. The van der Waals surface area contributed by atoms with Crippen molar-refractivity contribution < 1.29 is 22.7 Å². The summed E-state index contributed by atoms with van der Waals surface area (Å²) >= 11 is 0. The number of amides is 1. The van der Waals surface area contributed by atoms with Gasteiger partial charge in [-0.1, -0.05) is 37.3 Å². The van der Waals surface area contributed by atoms with Crippen LogP contribution in [0.5, 0.6) is 0 Å². The Morgan fingerprint density at radius 1 is 1.04 bits per heavy atom. The van der Waals surface area contributed by atoms with Gasteiger partial charge in [0.1, 0.15) is 0 Å². The molecule has 1 amide bonds. The minimum absolute atomic E-state index is 0.0280. The molecule has 0 aromatic heterocycles. The van der Waals surface area contributed by atoms with Crippen LogP contribution in [-0.4, -0.2) is 26.4 Å². The molecule has 3 N–H and O–H groups in total. The predicted octanol–water partition coefficient (Wildman–Crippen LogP) is 2.40. The first-order chi connectivity index (χ1) is 12.7. The molecule has 8 heteroatoms. The second-order valence-electron chi connectivity index (χ2n) is 6.21. The molecule has 144 valence electrons. The zero-order valence-electron chi connectivity index (χ0n) is 15.1. The molecule has 0 aliphatic carbocycles. The van der Waals surface area contributed by atoms with E-state index in [1.165, 1.54) is 31.2 Å². The fourth-order valence-corrected chi connectivity index (χ4v) is 2.94. The van der Waals surface area contributed by atoms with Crippen molar-refractivity contribution >= 4 is 27.6 Å². The summed E-state index contributed by atoms with van der Waals surface area (Å²) in [6.45, 7) is 3.38. The van der Waals surface area contributed by atoms with E-state index in [9.17, 15) is 18.0 Å². The largest absolute Gasteiger partial charge is 0.453 e. The van der Waals surface area contributed by atoms with Crippen molar-refractivity contribution in [3.05, 3.63) is 60.2 Å². The first-order valence-corrected chi connectivity index (χ1v) is 9.89. The van der Waals surface area contributed by atoms with Gasteiger partial charge in [-0.05, 0) is 42.7 Å². The number of nitrogens with two attached hydrogens (primary N) is 1. The van der Waals surface area contributed by atoms with Gasteiger partial charge < -0.3 is 10.1 Å². The van der Waals surface area contributed by atoms with Crippen molar-refractivity contribution in [1.82, 2.24) is 0 Å². The molecule has 27 heavy (non-hydrogen) atoms. The van der Waals surface area contributed by atoms with Gasteiger partial charge in [-0.2, -0.15) is 0 Å². The van der Waals surface area contributed by atoms with Crippen LogP contribution >= 0.6 is 0 Å². The van der Waals surface area contributed by atoms with E-state index in [0.717, 1.165) is 5.56 Å². The fraction of sp³-hybridized carbons (Fsp3) is 0.263. The topological polar surface area (TPSA) is 116 Å². The Morgan fingerprint density at radius 3 is 2.19 bits per heavy atom. The molecule has 0 saturated carbocycles. The first kappa shape index (κ1) is 20.6. The maximum atomic E-state index is 12.2. The molecule has 0 spiro atoms. The van der Waals surface area contributed by atoms with Crippen molar-refractivity contribution in [3.63, 3.8) is 0 Å². The molecule has 0 fully saturated rings. The van der Waals surface area contributed by atoms with Crippen molar-refractivity contribution in [3.8, 4) is 0 Å². The van der Waals surface area contributed by atoms with E-state index in [2.05, 4.69) is 5.32 Å². The quantitative estimate of drug-likeness (QED) is 0.704. The summed E-state index contributed by atoms with van der Waals surface area (Å²) in [6, 6.07) is 14.9. The second kappa shape index (κ2) is 8.79. The van der Waals surface area contributed by atoms with Gasteiger partial charge in [0.25, 0.3) is 5.91 Å². The van der Waals surface area contributed by atoms with Crippen molar-refractivity contribution in [2.75, 3.05) is 5.32 Å². The third-order valence-corrected chi connectivity index (χ3v) is 4.90. The number of hydrogen-bond acceptors (Lipinski definition) is 5. The highest BCUT2D eigenvalue weighted by molar-refractivity contribution is 7.89. The molecule has 0 saturated heterocycles. The van der Waals surface area contributed by atoms with Crippen molar-refractivity contribution in [2.24, 2.45) is 5.14 Å². The van der Waals surface area contributed by atoms with E-state index in [1.54, 1.807) is 0 Å². The molecule has 0 aliphatic heterocycles. The monoisotopic (exact) mass is 390 g/mol. The molecule has 7 nitrogen and oxygen atoms in total. The number of anilines is 1. The van der Waals surface area contributed by atoms with Gasteiger partial charge in [-0.15, -0.1) is 0 Å². The number of rotatable bonds is 7. The highest BCUT2D eigenvalue weighted by atomic mass is 32.2. The average molecular weight is 390 g/mol. The van der Waals surface area contributed by atoms with Gasteiger partial charge in [0.2, 0.25) is 10.0 Å². The van der Waals surface area contributed by atoms with E-state index in [1.807, 2.05) is 37.3 Å². The molecule has 2 rings (SSSR count). The fourth-order valence-electron chi connectivity index (χ4n) is 2.42. The average Bonchev–Trinajstić information content (AvgIpc) is 2.62. The van der Waals surface area contributed by atoms with Gasteiger partial charge in [0.05, 0.1) is 11.3 Å². The molecule has 0 unspecified atom stereocenters. The first-order valence-electron chi connectivity index (χ1n) is 8.35. The normalized spacial score (nSPS) is 13.4. The Balaban J connectivity index is 1.88. The summed E-state index contributed by atoms with van der Waals surface area (Å²) in [5, 5.41) is 7.58. The Bertz CT molecular complexity index is 895. The van der Waals surface area contributed by atoms with Gasteiger partial charge in [-0.3, -0.25) is 9.59 Å². The van der Waals surface area contributed by atoms with Crippen LogP contribution in [0.4, 0.5) is 5.69 Å². The molecule has 0 aliphatic rings. The highest BCUT2D eigenvalue weighted by Gasteiger charge is 2.20. The summed E-state index contributed by atoms with van der Waals surface area (Å²) in [4.78, 5) is 24.2. The van der Waals surface area contributed by atoms with Crippen LogP contribution in [0.2, 0.25) is 0 Å². The van der Waals surface area contributed by atoms with Crippen molar-refractivity contribution in [2.45, 2.75) is 37.2 Å². The summed E-state index contributed by atoms with van der Waals surface area (Å²) in [6.07, 6.45) is -0.830. The van der Waals surface area contributed by atoms with Crippen LogP contribution in [0, 0.1) is 0 Å². The maximum absolute atomic E-state index is 12.2. The predicted molar refractivity (Wildman–Crippen MR) is 101 cm³/mol. The van der Waals surface area contributed by atoms with Crippen LogP contribution < -0.4 is 10.5 Å². The molecular formula is C19H22N2O5S. The van der Waals surface area contributed by atoms with E-state index < -0.39 is 28.0 Å². The van der Waals surface area contributed by atoms with E-state index in [4.69, 9.17) is 9.88 Å². The lowest BCUT2D eigenvalue weighted by Crippen LogP contribution is -2.30. The van der Waals surface area contributed by atoms with Gasteiger partial charge >= 0.3 is 5.97 Å². The van der Waals surface area contributed by atoms with Crippen LogP contribution in [0.3, 0.4) is 0 Å². The molecule has 2 aromatic carbocycles. The molecule has 0 heterocycles. The number of sulfonamides is 1. The molecule has 0 bridgehead atoms. The van der Waals surface area contributed by atoms with Crippen molar-refractivity contribution in [1.29, 1.82) is 0 Å². The standard InChI is InChI=1S/C19H22N2O5S/c1-13(15-6-4-3-5-7-15)12-18(22)26-14(2)19(23)21-16-8-10-17(11-9-16)27(20,24)25/h3-11,13-14H,12H2,1-2H3,(H,21,23)(H2,20,24,25)/t13-,14+/m0/s1. The van der Waals surface area contributed by atoms with E-state index in [-0.39, 0.29) is 17.2 Å². The number of benzene rings is 2. The maximum Gasteiger partial charge on any atom is 0.307 e. The Morgan fingerprint density at radius 2 is 1.63 bits per heavy atom. The van der Waals surface area contributed by atoms with Crippen LogP contribution in [0.25, 0.3) is 0 Å². The molecule has 2 atom stereocenters. The summed E-state index contributed by atoms with van der Waals surface area (Å²) in [7, 11) is -3.80. The number of carbonyl (C=O) groups excluding carboxylic acids is 2. The van der Waals surface area contributed by atoms with Crippen LogP contribution in [-0.2, 0) is 24.3 Å². The second-order valence-corrected chi connectivity index (χ2v) is 7.77. The molecule has 0 radical (unpaired) electrons. The van der Waals surface area contributed by atoms with Gasteiger partial charge in [0.15, 0.2) is 6.10 Å². The Hall–Kier alpha value is -2.71. The molecular weight excluding hydrogens is 368 g/mol. The number of carbonyl (C=O) groups is 2. The van der Waals surface area contributed by atoms with E-state index >= 15 is 0 Å². The number of hydrogen-bond donors (Lipinski definition) is 2. The van der Waals surface area contributed by atoms with Crippen LogP contribution in [0.15, 0.2) is 59.5 Å². The Labute approximate surface area is 158 Å². The molecule has 2 aromatic rings. The van der Waals surface area contributed by atoms with Gasteiger partial charge in [0, 0.05) is 5.69 Å².